The van der Waals surface area contributed by atoms with Gasteiger partial charge in [0.15, 0.2) is 0 Å². The highest BCUT2D eigenvalue weighted by Gasteiger charge is 2.28. The molecule has 1 aromatic carbocycles. The molecule has 6 heteroatoms. The minimum Gasteiger partial charge on any atom is -0.383 e. The molecule has 3 rings (SSSR count). The first-order valence-electron chi connectivity index (χ1n) is 7.12. The molecule has 1 fully saturated rings. The fourth-order valence-electron chi connectivity index (χ4n) is 3.01. The predicted octanol–water partition coefficient (Wildman–Crippen LogP) is 1.80. The topological polar surface area (TPSA) is 81.1 Å². The lowest BCUT2D eigenvalue weighted by Crippen LogP contribution is -2.28. The van der Waals surface area contributed by atoms with Crippen molar-refractivity contribution in [3.63, 3.8) is 0 Å². The third-order valence-corrected chi connectivity index (χ3v) is 4.15. The van der Waals surface area contributed by atoms with Crippen LogP contribution in [0.1, 0.15) is 19.2 Å². The molecule has 1 aliphatic rings. The maximum Gasteiger partial charge on any atom is 0.145 e. The van der Waals surface area contributed by atoms with Crippen molar-refractivity contribution in [2.24, 2.45) is 11.7 Å². The van der Waals surface area contributed by atoms with Crippen LogP contribution in [0, 0.1) is 5.92 Å². The Balaban J connectivity index is 0.00000161. The minimum atomic E-state index is 0. The van der Waals surface area contributed by atoms with Crippen LogP contribution < -0.4 is 11.5 Å². The summed E-state index contributed by atoms with van der Waals surface area (Å²) >= 11 is 0. The van der Waals surface area contributed by atoms with Gasteiger partial charge in [0.1, 0.15) is 11.6 Å². The average Bonchev–Trinajstić information content (AvgIpc) is 2.79. The second kappa shape index (κ2) is 6.56. The minimum absolute atomic E-state index is 0. The smallest absolute Gasteiger partial charge is 0.145 e. The van der Waals surface area contributed by atoms with Crippen LogP contribution in [0.3, 0.4) is 0 Å². The number of fused-ring (bicyclic) bond motifs is 1. The van der Waals surface area contributed by atoms with Gasteiger partial charge in [-0.15, -0.1) is 12.4 Å². The van der Waals surface area contributed by atoms with Gasteiger partial charge in [-0.25, -0.2) is 9.97 Å². The molecular weight excluding hydrogens is 286 g/mol. The Hall–Kier alpha value is -1.43. The van der Waals surface area contributed by atoms with Gasteiger partial charge >= 0.3 is 0 Å². The van der Waals surface area contributed by atoms with Crippen molar-refractivity contribution >= 4 is 29.1 Å². The number of hydrogen-bond acceptors (Lipinski definition) is 5. The highest BCUT2D eigenvalue weighted by molar-refractivity contribution is 5.87. The second-order valence-corrected chi connectivity index (χ2v) is 5.66. The second-order valence-electron chi connectivity index (χ2n) is 5.66. The number of nitrogens with two attached hydrogens (primary N) is 2. The van der Waals surface area contributed by atoms with Crippen molar-refractivity contribution in [2.75, 3.05) is 18.8 Å². The van der Waals surface area contributed by atoms with E-state index in [-0.39, 0.29) is 12.4 Å². The van der Waals surface area contributed by atoms with E-state index in [1.807, 2.05) is 24.3 Å². The molecule has 2 aromatic rings. The van der Waals surface area contributed by atoms with Gasteiger partial charge in [0, 0.05) is 18.0 Å². The molecule has 1 saturated heterocycles. The third kappa shape index (κ3) is 3.26. The van der Waals surface area contributed by atoms with E-state index in [0.717, 1.165) is 42.8 Å². The zero-order valence-corrected chi connectivity index (χ0v) is 13.0. The first-order chi connectivity index (χ1) is 9.67. The van der Waals surface area contributed by atoms with E-state index in [9.17, 15) is 0 Å². The zero-order valence-electron chi connectivity index (χ0n) is 12.2. The standard InChI is InChI=1S/C15H21N5.ClH/c1-10-6-11(7-16)8-20(10)9-14-18-13-5-3-2-4-12(13)15(17)19-14;/h2-5,10-11H,6-9,16H2,1H3,(H2,17,18,19);1H. The summed E-state index contributed by atoms with van der Waals surface area (Å²) in [7, 11) is 0. The summed E-state index contributed by atoms with van der Waals surface area (Å²) in [6, 6.07) is 8.39. The van der Waals surface area contributed by atoms with E-state index < -0.39 is 0 Å². The normalized spacial score (nSPS) is 22.4. The molecule has 21 heavy (non-hydrogen) atoms. The number of para-hydroxylation sites is 1. The van der Waals surface area contributed by atoms with Crippen molar-refractivity contribution in [3.8, 4) is 0 Å². The molecule has 2 atom stereocenters. The summed E-state index contributed by atoms with van der Waals surface area (Å²) in [5, 5.41) is 0.922. The maximum atomic E-state index is 6.03. The van der Waals surface area contributed by atoms with E-state index >= 15 is 0 Å². The Bertz CT molecular complexity index is 618. The van der Waals surface area contributed by atoms with Crippen LogP contribution in [0.2, 0.25) is 0 Å². The third-order valence-electron chi connectivity index (χ3n) is 4.15. The van der Waals surface area contributed by atoms with Crippen LogP contribution in [-0.2, 0) is 6.54 Å². The molecule has 0 radical (unpaired) electrons. The predicted molar refractivity (Wildman–Crippen MR) is 88.2 cm³/mol. The molecule has 4 N–H and O–H groups in total. The number of anilines is 1. The number of nitrogens with zero attached hydrogens (tertiary/aromatic N) is 3. The fourth-order valence-corrected chi connectivity index (χ4v) is 3.01. The van der Waals surface area contributed by atoms with Gasteiger partial charge in [-0.3, -0.25) is 4.90 Å². The van der Waals surface area contributed by atoms with Gasteiger partial charge in [-0.05, 0) is 37.9 Å². The SMILES string of the molecule is CC1CC(CN)CN1Cc1nc(N)c2ccccc2n1.Cl. The summed E-state index contributed by atoms with van der Waals surface area (Å²) in [4.78, 5) is 11.5. The van der Waals surface area contributed by atoms with Gasteiger partial charge in [0.25, 0.3) is 0 Å². The van der Waals surface area contributed by atoms with Crippen molar-refractivity contribution in [1.82, 2.24) is 14.9 Å². The van der Waals surface area contributed by atoms with Crippen LogP contribution in [0.15, 0.2) is 24.3 Å². The molecular formula is C15H22ClN5. The Labute approximate surface area is 131 Å². The van der Waals surface area contributed by atoms with E-state index in [0.29, 0.717) is 17.8 Å². The van der Waals surface area contributed by atoms with E-state index in [1.165, 1.54) is 0 Å². The Morgan fingerprint density at radius 1 is 1.29 bits per heavy atom. The largest absolute Gasteiger partial charge is 0.383 e. The first kappa shape index (κ1) is 15.9. The van der Waals surface area contributed by atoms with Gasteiger partial charge in [0.2, 0.25) is 0 Å². The molecule has 114 valence electrons. The average molecular weight is 308 g/mol. The Kier molecular flexibility index (Phi) is 4.98. The highest BCUT2D eigenvalue weighted by atomic mass is 35.5. The summed E-state index contributed by atoms with van der Waals surface area (Å²) in [6.07, 6.45) is 1.15. The molecule has 2 heterocycles. The molecule has 2 unspecified atom stereocenters. The molecule has 0 bridgehead atoms. The van der Waals surface area contributed by atoms with Crippen molar-refractivity contribution < 1.29 is 0 Å². The molecule has 0 saturated carbocycles. The Morgan fingerprint density at radius 2 is 2.05 bits per heavy atom. The van der Waals surface area contributed by atoms with Crippen LogP contribution in [0.5, 0.6) is 0 Å². The summed E-state index contributed by atoms with van der Waals surface area (Å²) < 4.78 is 0. The van der Waals surface area contributed by atoms with E-state index in [2.05, 4.69) is 21.8 Å². The number of halogens is 1. The van der Waals surface area contributed by atoms with Gasteiger partial charge in [-0.1, -0.05) is 12.1 Å². The van der Waals surface area contributed by atoms with Gasteiger partial charge in [0.05, 0.1) is 12.1 Å². The highest BCUT2D eigenvalue weighted by Crippen LogP contribution is 2.24. The fraction of sp³-hybridized carbons (Fsp3) is 0.467. The number of hydrogen-bond donors (Lipinski definition) is 2. The van der Waals surface area contributed by atoms with Crippen molar-refractivity contribution in [3.05, 3.63) is 30.1 Å². The molecule has 0 amide bonds. The number of likely N-dealkylation sites (tertiary alicyclic amines) is 1. The molecule has 5 nitrogen and oxygen atoms in total. The van der Waals surface area contributed by atoms with Crippen LogP contribution in [0.4, 0.5) is 5.82 Å². The quantitative estimate of drug-likeness (QED) is 0.903. The van der Waals surface area contributed by atoms with Crippen molar-refractivity contribution in [1.29, 1.82) is 0 Å². The van der Waals surface area contributed by atoms with Crippen LogP contribution >= 0.6 is 12.4 Å². The lowest BCUT2D eigenvalue weighted by molar-refractivity contribution is 0.250. The molecule has 0 spiro atoms. The first-order valence-corrected chi connectivity index (χ1v) is 7.12. The number of nitrogen functional groups attached to an aromatic ring is 1. The number of aromatic nitrogens is 2. The molecule has 1 aromatic heterocycles. The summed E-state index contributed by atoms with van der Waals surface area (Å²) in [5.41, 5.74) is 12.7. The summed E-state index contributed by atoms with van der Waals surface area (Å²) in [5.74, 6) is 1.95. The van der Waals surface area contributed by atoms with Crippen molar-refractivity contribution in [2.45, 2.75) is 25.9 Å². The van der Waals surface area contributed by atoms with Crippen LogP contribution in [0.25, 0.3) is 10.9 Å². The van der Waals surface area contributed by atoms with Gasteiger partial charge < -0.3 is 11.5 Å². The lowest BCUT2D eigenvalue weighted by atomic mass is 10.1. The molecule has 0 aliphatic carbocycles. The number of benzene rings is 1. The Morgan fingerprint density at radius 3 is 2.76 bits per heavy atom. The monoisotopic (exact) mass is 307 g/mol. The van der Waals surface area contributed by atoms with E-state index in [4.69, 9.17) is 11.5 Å². The number of rotatable bonds is 3. The lowest BCUT2D eigenvalue weighted by Gasteiger charge is -2.20. The van der Waals surface area contributed by atoms with Gasteiger partial charge in [-0.2, -0.15) is 0 Å². The maximum absolute atomic E-state index is 6.03. The molecule has 1 aliphatic heterocycles. The van der Waals surface area contributed by atoms with E-state index in [1.54, 1.807) is 0 Å². The van der Waals surface area contributed by atoms with Crippen LogP contribution in [-0.4, -0.2) is 34.0 Å². The summed E-state index contributed by atoms with van der Waals surface area (Å²) in [6.45, 7) is 4.75. The zero-order chi connectivity index (χ0) is 14.1.